The smallest absolute Gasteiger partial charge is 0.263 e. The van der Waals surface area contributed by atoms with E-state index in [1.165, 1.54) is 41.8 Å². The van der Waals surface area contributed by atoms with Crippen molar-refractivity contribution in [1.29, 1.82) is 0 Å². The maximum atomic E-state index is 12.2. The van der Waals surface area contributed by atoms with Gasteiger partial charge in [-0.25, -0.2) is 13.4 Å². The Kier molecular flexibility index (Phi) is 5.49. The Morgan fingerprint density at radius 2 is 1.70 bits per heavy atom. The van der Waals surface area contributed by atoms with E-state index in [0.717, 1.165) is 4.90 Å². The average molecular weight is 546 g/mol. The third-order valence-electron chi connectivity index (χ3n) is 3.11. The number of carbonyl (C=O) groups is 2. The largest absolute Gasteiger partial charge is 0.274 e. The Bertz CT molecular complexity index is 803. The van der Waals surface area contributed by atoms with Crippen molar-refractivity contribution in [2.45, 2.75) is 17.7 Å². The second-order valence-corrected chi connectivity index (χ2v) is 7.14. The molecule has 10 heteroatoms. The number of carbonyl (C=O) groups excluding carboxylic acids is 2. The zero-order valence-corrected chi connectivity index (χ0v) is 16.8. The summed E-state index contributed by atoms with van der Waals surface area (Å²) in [6, 6.07) is 5.59. The van der Waals surface area contributed by atoms with Gasteiger partial charge < -0.3 is 0 Å². The molecule has 3 radical (unpaired) electrons. The molecule has 0 saturated carbocycles. The summed E-state index contributed by atoms with van der Waals surface area (Å²) >= 11 is 1.17. The summed E-state index contributed by atoms with van der Waals surface area (Å²) in [4.78, 5) is 28.3. The van der Waals surface area contributed by atoms with Crippen LogP contribution in [0.15, 0.2) is 40.7 Å². The number of amides is 2. The van der Waals surface area contributed by atoms with Crippen molar-refractivity contribution >= 4 is 70.2 Å². The fourth-order valence-corrected chi connectivity index (χ4v) is 3.88. The number of aromatic nitrogens is 1. The number of rotatable bonds is 4. The first-order valence-electron chi connectivity index (χ1n) is 6.35. The van der Waals surface area contributed by atoms with Gasteiger partial charge >= 0.3 is 0 Å². The van der Waals surface area contributed by atoms with Gasteiger partial charge in [-0.05, 0) is 24.3 Å². The van der Waals surface area contributed by atoms with E-state index in [0.29, 0.717) is 5.69 Å². The fraction of sp³-hybridized carbons (Fsp3) is 0.154. The van der Waals surface area contributed by atoms with Gasteiger partial charge in [0.1, 0.15) is 0 Å². The third kappa shape index (κ3) is 3.76. The van der Waals surface area contributed by atoms with Crippen LogP contribution in [-0.2, 0) is 19.6 Å². The summed E-state index contributed by atoms with van der Waals surface area (Å²) in [5.41, 5.74) is 0.376. The number of imide groups is 1. The van der Waals surface area contributed by atoms with E-state index in [4.69, 9.17) is 0 Å². The van der Waals surface area contributed by atoms with E-state index in [-0.39, 0.29) is 60.9 Å². The van der Waals surface area contributed by atoms with Crippen LogP contribution in [0, 0.1) is 0 Å². The number of sulfonamides is 1. The van der Waals surface area contributed by atoms with Gasteiger partial charge in [-0.15, -0.1) is 11.3 Å². The quantitative estimate of drug-likeness (QED) is 0.460. The molecule has 1 aliphatic heterocycles. The standard InChI is InChI=1S/C13H11N3O4S2.Bi/c17-11-5-6-12(18)16(11)9-1-3-10(4-2-9)22(19,20)15-13-14-7-8-21-13;/h1-4,7-8H,5-6H2,(H,14,15);. The summed E-state index contributed by atoms with van der Waals surface area (Å²) in [6.45, 7) is 0. The molecule has 0 aliphatic carbocycles. The van der Waals surface area contributed by atoms with Crippen LogP contribution in [0.25, 0.3) is 0 Å². The SMILES string of the molecule is O=C1CCC(=O)N1c1ccc(S(=O)(=O)Nc2nccs2)cc1.[Bi]. The molecule has 0 spiro atoms. The number of nitrogens with one attached hydrogen (secondary N) is 1. The fourth-order valence-electron chi connectivity index (χ4n) is 2.09. The van der Waals surface area contributed by atoms with Gasteiger partial charge in [0.25, 0.3) is 10.0 Å². The minimum Gasteiger partial charge on any atom is -0.274 e. The molecule has 1 aromatic heterocycles. The second-order valence-electron chi connectivity index (χ2n) is 4.56. The molecule has 1 fully saturated rings. The first-order valence-corrected chi connectivity index (χ1v) is 8.72. The van der Waals surface area contributed by atoms with E-state index in [1.807, 2.05) is 0 Å². The monoisotopic (exact) mass is 546 g/mol. The molecule has 1 aliphatic rings. The van der Waals surface area contributed by atoms with Crippen molar-refractivity contribution in [3.05, 3.63) is 35.8 Å². The minimum absolute atomic E-state index is 0. The zero-order chi connectivity index (χ0) is 15.7. The van der Waals surface area contributed by atoms with Crippen molar-refractivity contribution in [3.63, 3.8) is 0 Å². The summed E-state index contributed by atoms with van der Waals surface area (Å²) < 4.78 is 26.7. The maximum Gasteiger partial charge on any atom is 0.263 e. The summed E-state index contributed by atoms with van der Waals surface area (Å²) in [7, 11) is -3.74. The summed E-state index contributed by atoms with van der Waals surface area (Å²) in [5.74, 6) is -0.553. The van der Waals surface area contributed by atoms with Crippen LogP contribution in [0.2, 0.25) is 0 Å². The molecule has 1 aromatic carbocycles. The molecule has 23 heavy (non-hydrogen) atoms. The predicted molar refractivity (Wildman–Crippen MR) is 86.8 cm³/mol. The Morgan fingerprint density at radius 1 is 1.09 bits per heavy atom. The first-order chi connectivity index (χ1) is 10.5. The number of benzene rings is 1. The third-order valence-corrected chi connectivity index (χ3v) is 5.28. The number of thiazole rings is 1. The van der Waals surface area contributed by atoms with Crippen LogP contribution in [0.1, 0.15) is 12.8 Å². The molecule has 2 aromatic rings. The van der Waals surface area contributed by atoms with E-state index in [1.54, 1.807) is 5.38 Å². The normalized spacial score (nSPS) is 14.7. The van der Waals surface area contributed by atoms with E-state index in [9.17, 15) is 18.0 Å². The molecule has 1 saturated heterocycles. The molecule has 3 rings (SSSR count). The van der Waals surface area contributed by atoms with Crippen molar-refractivity contribution in [2.24, 2.45) is 0 Å². The molecule has 2 heterocycles. The predicted octanol–water partition coefficient (Wildman–Crippen LogP) is 1.22. The molecule has 0 unspecified atom stereocenters. The number of hydrogen-bond acceptors (Lipinski definition) is 6. The van der Waals surface area contributed by atoms with Gasteiger partial charge in [0, 0.05) is 50.6 Å². The van der Waals surface area contributed by atoms with Gasteiger partial charge in [-0.2, -0.15) is 0 Å². The van der Waals surface area contributed by atoms with Crippen molar-refractivity contribution in [2.75, 3.05) is 9.62 Å². The van der Waals surface area contributed by atoms with E-state index < -0.39 is 10.0 Å². The van der Waals surface area contributed by atoms with Crippen LogP contribution < -0.4 is 9.62 Å². The van der Waals surface area contributed by atoms with E-state index >= 15 is 0 Å². The van der Waals surface area contributed by atoms with Crippen LogP contribution in [-0.4, -0.2) is 51.4 Å². The molecule has 119 valence electrons. The van der Waals surface area contributed by atoms with Crippen molar-refractivity contribution in [3.8, 4) is 0 Å². The second kappa shape index (κ2) is 7.02. The topological polar surface area (TPSA) is 96.4 Å². The van der Waals surface area contributed by atoms with Gasteiger partial charge in [0.2, 0.25) is 11.8 Å². The van der Waals surface area contributed by atoms with Gasteiger partial charge in [0.15, 0.2) is 5.13 Å². The molecule has 0 bridgehead atoms. The number of nitrogens with zero attached hydrogens (tertiary/aromatic N) is 2. The van der Waals surface area contributed by atoms with Gasteiger partial charge in [0.05, 0.1) is 10.6 Å². The molecule has 7 nitrogen and oxygen atoms in total. The Balaban J connectivity index is 0.00000192. The molecular weight excluding hydrogens is 535 g/mol. The number of anilines is 2. The molecule has 0 atom stereocenters. The summed E-state index contributed by atoms with van der Waals surface area (Å²) in [5, 5.41) is 1.93. The molecule has 2 amide bonds. The van der Waals surface area contributed by atoms with Crippen LogP contribution in [0.5, 0.6) is 0 Å². The van der Waals surface area contributed by atoms with Gasteiger partial charge in [-0.3, -0.25) is 19.2 Å². The number of hydrogen-bond donors (Lipinski definition) is 1. The van der Waals surface area contributed by atoms with Crippen molar-refractivity contribution in [1.82, 2.24) is 4.98 Å². The first kappa shape index (κ1) is 18.0. The Morgan fingerprint density at radius 3 is 2.22 bits per heavy atom. The summed E-state index contributed by atoms with van der Waals surface area (Å²) in [6.07, 6.45) is 1.87. The van der Waals surface area contributed by atoms with Crippen LogP contribution >= 0.6 is 11.3 Å². The van der Waals surface area contributed by atoms with Gasteiger partial charge in [-0.1, -0.05) is 0 Å². The Hall–Kier alpha value is -1.38. The van der Waals surface area contributed by atoms with E-state index in [2.05, 4.69) is 9.71 Å². The zero-order valence-electron chi connectivity index (χ0n) is 11.7. The minimum atomic E-state index is -3.74. The van der Waals surface area contributed by atoms with Crippen LogP contribution in [0.3, 0.4) is 0 Å². The van der Waals surface area contributed by atoms with Crippen LogP contribution in [0.4, 0.5) is 10.8 Å². The molecule has 1 N–H and O–H groups in total. The molecular formula is C13H11BiN3O4S2. The van der Waals surface area contributed by atoms with Crippen molar-refractivity contribution < 1.29 is 18.0 Å². The maximum absolute atomic E-state index is 12.2. The average Bonchev–Trinajstić information content (AvgIpc) is 3.09. The Labute approximate surface area is 155 Å².